The van der Waals surface area contributed by atoms with Crippen LogP contribution < -0.4 is 4.74 Å². The van der Waals surface area contributed by atoms with Crippen LogP contribution in [0, 0.1) is 5.92 Å². The average molecular weight is 537 g/mol. The standard InChI is InChI=1S/C32H32N4O4/c37-24(16-19-35-31(38)26-10-4-5-11-27(26)32(35)39)21-34-17-14-23(15-18-34)20-36-29-13-7-6-12-28(29)33-30(36)22-40-25-8-2-1-3-9-25/h1-13,23H,14-22H2. The number of imide groups is 1. The number of rotatable bonds is 10. The van der Waals surface area contributed by atoms with Gasteiger partial charge in [0.05, 0.1) is 28.7 Å². The van der Waals surface area contributed by atoms with Crippen LogP contribution in [-0.4, -0.2) is 63.1 Å². The average Bonchev–Trinajstić information content (AvgIpc) is 3.46. The van der Waals surface area contributed by atoms with Gasteiger partial charge >= 0.3 is 0 Å². The lowest BCUT2D eigenvalue weighted by Crippen LogP contribution is -2.39. The Hall–Kier alpha value is -4.30. The first kappa shape index (κ1) is 26.0. The van der Waals surface area contributed by atoms with E-state index in [2.05, 4.69) is 15.5 Å². The highest BCUT2D eigenvalue weighted by Crippen LogP contribution is 2.25. The summed E-state index contributed by atoms with van der Waals surface area (Å²) in [7, 11) is 0. The molecule has 204 valence electrons. The Labute approximate surface area is 233 Å². The van der Waals surface area contributed by atoms with Crippen molar-refractivity contribution in [1.29, 1.82) is 0 Å². The van der Waals surface area contributed by atoms with Crippen molar-refractivity contribution in [2.45, 2.75) is 32.4 Å². The summed E-state index contributed by atoms with van der Waals surface area (Å²) in [5, 5.41) is 0. The third-order valence-corrected chi connectivity index (χ3v) is 7.89. The summed E-state index contributed by atoms with van der Waals surface area (Å²) in [5.74, 6) is 1.64. The number of carbonyl (C=O) groups excluding carboxylic acids is 3. The first-order chi connectivity index (χ1) is 19.6. The molecule has 0 unspecified atom stereocenters. The molecule has 8 nitrogen and oxygen atoms in total. The Morgan fingerprint density at radius 2 is 1.50 bits per heavy atom. The predicted octanol–water partition coefficient (Wildman–Crippen LogP) is 4.58. The van der Waals surface area contributed by atoms with Gasteiger partial charge in [0.15, 0.2) is 0 Å². The normalized spacial score (nSPS) is 16.1. The number of benzene rings is 3. The van der Waals surface area contributed by atoms with Gasteiger partial charge in [-0.25, -0.2) is 4.98 Å². The highest BCUT2D eigenvalue weighted by atomic mass is 16.5. The fourth-order valence-electron chi connectivity index (χ4n) is 5.70. The summed E-state index contributed by atoms with van der Waals surface area (Å²) in [5.41, 5.74) is 2.92. The summed E-state index contributed by atoms with van der Waals surface area (Å²) >= 11 is 0. The van der Waals surface area contributed by atoms with Crippen molar-refractivity contribution in [3.05, 3.63) is 95.8 Å². The van der Waals surface area contributed by atoms with Gasteiger partial charge in [-0.2, -0.15) is 0 Å². The van der Waals surface area contributed by atoms with Crippen molar-refractivity contribution in [2.75, 3.05) is 26.2 Å². The molecule has 2 aliphatic rings. The Morgan fingerprint density at radius 1 is 0.850 bits per heavy atom. The van der Waals surface area contributed by atoms with Gasteiger partial charge in [-0.3, -0.25) is 24.2 Å². The number of amides is 2. The maximum Gasteiger partial charge on any atom is 0.261 e. The lowest BCUT2D eigenvalue weighted by molar-refractivity contribution is -0.120. The van der Waals surface area contributed by atoms with E-state index in [9.17, 15) is 14.4 Å². The number of nitrogens with zero attached hydrogens (tertiary/aromatic N) is 4. The van der Waals surface area contributed by atoms with Crippen LogP contribution in [0.15, 0.2) is 78.9 Å². The molecular formula is C32H32N4O4. The van der Waals surface area contributed by atoms with E-state index in [-0.39, 0.29) is 30.6 Å². The fourth-order valence-corrected chi connectivity index (χ4v) is 5.70. The molecule has 1 fully saturated rings. The summed E-state index contributed by atoms with van der Waals surface area (Å²) in [6.07, 6.45) is 2.14. The molecule has 0 bridgehead atoms. The maximum atomic E-state index is 12.8. The maximum absolute atomic E-state index is 12.8. The number of aromatic nitrogens is 2. The largest absolute Gasteiger partial charge is 0.486 e. The van der Waals surface area contributed by atoms with E-state index >= 15 is 0 Å². The van der Waals surface area contributed by atoms with E-state index in [1.165, 1.54) is 4.90 Å². The molecule has 0 radical (unpaired) electrons. The molecule has 3 aromatic carbocycles. The van der Waals surface area contributed by atoms with Crippen LogP contribution in [0.2, 0.25) is 0 Å². The second-order valence-corrected chi connectivity index (χ2v) is 10.5. The second kappa shape index (κ2) is 11.4. The van der Waals surface area contributed by atoms with Crippen LogP contribution in [-0.2, 0) is 17.9 Å². The molecule has 3 heterocycles. The molecular weight excluding hydrogens is 504 g/mol. The molecule has 1 saturated heterocycles. The van der Waals surface area contributed by atoms with Gasteiger partial charge in [0.1, 0.15) is 24.0 Å². The first-order valence-electron chi connectivity index (χ1n) is 13.9. The van der Waals surface area contributed by atoms with Crippen LogP contribution in [0.1, 0.15) is 45.8 Å². The molecule has 0 spiro atoms. The topological polar surface area (TPSA) is 84.7 Å². The van der Waals surface area contributed by atoms with Crippen LogP contribution in [0.3, 0.4) is 0 Å². The molecule has 1 aromatic heterocycles. The molecule has 2 amide bonds. The Kier molecular flexibility index (Phi) is 7.42. The molecule has 0 atom stereocenters. The van der Waals surface area contributed by atoms with Crippen LogP contribution in [0.4, 0.5) is 0 Å². The zero-order chi connectivity index (χ0) is 27.5. The number of likely N-dealkylation sites (tertiary alicyclic amines) is 1. The monoisotopic (exact) mass is 536 g/mol. The summed E-state index contributed by atoms with van der Waals surface area (Å²) in [6.45, 7) is 3.41. The number of piperidine rings is 1. The first-order valence-corrected chi connectivity index (χ1v) is 13.9. The highest BCUT2D eigenvalue weighted by Gasteiger charge is 2.35. The van der Waals surface area contributed by atoms with Gasteiger partial charge in [0.25, 0.3) is 11.8 Å². The minimum absolute atomic E-state index is 0.0518. The van der Waals surface area contributed by atoms with Crippen molar-refractivity contribution in [3.63, 3.8) is 0 Å². The molecule has 4 aromatic rings. The lowest BCUT2D eigenvalue weighted by Gasteiger charge is -2.32. The Balaban J connectivity index is 1.01. The minimum Gasteiger partial charge on any atom is -0.486 e. The van der Waals surface area contributed by atoms with Crippen LogP contribution in [0.5, 0.6) is 5.75 Å². The van der Waals surface area contributed by atoms with Gasteiger partial charge in [0, 0.05) is 19.5 Å². The Morgan fingerprint density at radius 3 is 2.23 bits per heavy atom. The zero-order valence-electron chi connectivity index (χ0n) is 22.4. The van der Waals surface area contributed by atoms with E-state index in [1.54, 1.807) is 24.3 Å². The number of fused-ring (bicyclic) bond motifs is 2. The number of hydrogen-bond acceptors (Lipinski definition) is 6. The van der Waals surface area contributed by atoms with Crippen LogP contribution in [0.25, 0.3) is 11.0 Å². The number of ketones is 1. The van der Waals surface area contributed by atoms with Crippen molar-refractivity contribution >= 4 is 28.6 Å². The number of ether oxygens (including phenoxy) is 1. The third kappa shape index (κ3) is 5.40. The van der Waals surface area contributed by atoms with Crippen molar-refractivity contribution in [1.82, 2.24) is 19.4 Å². The fraction of sp³-hybridized carbons (Fsp3) is 0.312. The summed E-state index contributed by atoms with van der Waals surface area (Å²) in [4.78, 5) is 46.1. The zero-order valence-corrected chi connectivity index (χ0v) is 22.4. The van der Waals surface area contributed by atoms with E-state index in [1.807, 2.05) is 48.5 Å². The van der Waals surface area contributed by atoms with E-state index in [0.29, 0.717) is 30.2 Å². The molecule has 40 heavy (non-hydrogen) atoms. The smallest absolute Gasteiger partial charge is 0.261 e. The van der Waals surface area contributed by atoms with Gasteiger partial charge in [0.2, 0.25) is 0 Å². The van der Waals surface area contributed by atoms with E-state index in [4.69, 9.17) is 9.72 Å². The van der Waals surface area contributed by atoms with Gasteiger partial charge in [-0.15, -0.1) is 0 Å². The van der Waals surface area contributed by atoms with E-state index < -0.39 is 0 Å². The molecule has 0 N–H and O–H groups in total. The summed E-state index contributed by atoms with van der Waals surface area (Å²) in [6, 6.07) is 24.8. The molecule has 0 saturated carbocycles. The second-order valence-electron chi connectivity index (χ2n) is 10.5. The minimum atomic E-state index is -0.310. The van der Waals surface area contributed by atoms with Crippen molar-refractivity contribution in [2.24, 2.45) is 5.92 Å². The SMILES string of the molecule is O=C(CCN1C(=O)c2ccccc2C1=O)CN1CCC(Cn2c(COc3ccccc3)nc3ccccc32)CC1. The van der Waals surface area contributed by atoms with Crippen molar-refractivity contribution < 1.29 is 19.1 Å². The molecule has 6 rings (SSSR count). The number of para-hydroxylation sites is 3. The Bertz CT molecular complexity index is 1500. The number of carbonyl (C=O) groups is 3. The molecule has 0 aliphatic carbocycles. The molecule has 2 aliphatic heterocycles. The quantitative estimate of drug-likeness (QED) is 0.276. The van der Waals surface area contributed by atoms with Gasteiger partial charge < -0.3 is 9.30 Å². The number of imidazole rings is 1. The van der Waals surface area contributed by atoms with Gasteiger partial charge in [-0.1, -0.05) is 42.5 Å². The number of Topliss-reactive ketones (excluding diaryl/α,β-unsaturated/α-hetero) is 1. The predicted molar refractivity (Wildman–Crippen MR) is 151 cm³/mol. The van der Waals surface area contributed by atoms with Crippen molar-refractivity contribution in [3.8, 4) is 5.75 Å². The highest BCUT2D eigenvalue weighted by molar-refractivity contribution is 6.21. The van der Waals surface area contributed by atoms with Gasteiger partial charge in [-0.05, 0) is 68.2 Å². The van der Waals surface area contributed by atoms with Crippen LogP contribution >= 0.6 is 0 Å². The third-order valence-electron chi connectivity index (χ3n) is 7.89. The van der Waals surface area contributed by atoms with E-state index in [0.717, 1.165) is 55.1 Å². The molecule has 8 heteroatoms. The number of hydrogen-bond donors (Lipinski definition) is 0. The lowest BCUT2D eigenvalue weighted by atomic mass is 9.96. The summed E-state index contributed by atoms with van der Waals surface area (Å²) < 4.78 is 8.31.